The van der Waals surface area contributed by atoms with Crippen molar-refractivity contribution in [1.82, 2.24) is 5.32 Å². The molecule has 6 nitrogen and oxygen atoms in total. The van der Waals surface area contributed by atoms with Gasteiger partial charge in [-0.3, -0.25) is 4.79 Å². The Kier molecular flexibility index (Phi) is 3.83. The van der Waals surface area contributed by atoms with Crippen LogP contribution in [0.25, 0.3) is 0 Å². The van der Waals surface area contributed by atoms with E-state index in [-0.39, 0.29) is 24.0 Å². The van der Waals surface area contributed by atoms with Crippen LogP contribution in [0.2, 0.25) is 0 Å². The number of carbonyl (C=O) groups is 2. The molecule has 1 aromatic rings. The molecular weight excluding hydrogens is 258 g/mol. The Bertz CT molecular complexity index is 535. The number of para-hydroxylation sites is 1. The van der Waals surface area contributed by atoms with Crippen molar-refractivity contribution in [3.05, 3.63) is 18.2 Å². The second kappa shape index (κ2) is 5.40. The number of rotatable bonds is 2. The molecule has 0 spiro atoms. The maximum Gasteiger partial charge on any atom is 0.319 e. The lowest BCUT2D eigenvalue weighted by Crippen LogP contribution is -2.36. The largest absolute Gasteiger partial charge is 0.481 e. The standard InChI is InChI=1S/C14H19N3O3/c1-14(2,3)8-15-13(19)16-9-5-4-6-10-12(9)17-11(18)7-20-10/h4-6H,7-8H2,1-3H3,(H,17,18)(H2,15,16,19). The summed E-state index contributed by atoms with van der Waals surface area (Å²) in [7, 11) is 0. The molecule has 0 atom stereocenters. The minimum atomic E-state index is -0.312. The molecule has 0 aromatic heterocycles. The average molecular weight is 277 g/mol. The number of nitrogens with one attached hydrogen (secondary N) is 3. The van der Waals surface area contributed by atoms with Gasteiger partial charge >= 0.3 is 6.03 Å². The van der Waals surface area contributed by atoms with Gasteiger partial charge in [-0.05, 0) is 17.5 Å². The summed E-state index contributed by atoms with van der Waals surface area (Å²) >= 11 is 0. The van der Waals surface area contributed by atoms with E-state index in [2.05, 4.69) is 16.0 Å². The van der Waals surface area contributed by atoms with Crippen molar-refractivity contribution >= 4 is 23.3 Å². The predicted octanol–water partition coefficient (Wildman–Crippen LogP) is 2.19. The van der Waals surface area contributed by atoms with Crippen molar-refractivity contribution < 1.29 is 14.3 Å². The van der Waals surface area contributed by atoms with Crippen molar-refractivity contribution in [3.63, 3.8) is 0 Å². The van der Waals surface area contributed by atoms with Gasteiger partial charge in [0, 0.05) is 6.54 Å². The van der Waals surface area contributed by atoms with Gasteiger partial charge in [-0.15, -0.1) is 0 Å². The topological polar surface area (TPSA) is 79.5 Å². The lowest BCUT2D eigenvalue weighted by molar-refractivity contribution is -0.118. The van der Waals surface area contributed by atoms with Gasteiger partial charge < -0.3 is 20.7 Å². The summed E-state index contributed by atoms with van der Waals surface area (Å²) in [5.41, 5.74) is 1.02. The number of amides is 3. The molecule has 0 unspecified atom stereocenters. The highest BCUT2D eigenvalue weighted by Gasteiger charge is 2.20. The van der Waals surface area contributed by atoms with Crippen LogP contribution >= 0.6 is 0 Å². The van der Waals surface area contributed by atoms with E-state index in [1.165, 1.54) is 0 Å². The molecule has 1 aliphatic rings. The third kappa shape index (κ3) is 3.63. The smallest absolute Gasteiger partial charge is 0.319 e. The van der Waals surface area contributed by atoms with E-state index in [1.807, 2.05) is 20.8 Å². The summed E-state index contributed by atoms with van der Waals surface area (Å²) in [6.07, 6.45) is 0. The summed E-state index contributed by atoms with van der Waals surface area (Å²) in [5, 5.41) is 8.20. The van der Waals surface area contributed by atoms with Crippen LogP contribution in [0.4, 0.5) is 16.2 Å². The third-order valence-electron chi connectivity index (χ3n) is 2.68. The molecule has 3 N–H and O–H groups in total. The maximum absolute atomic E-state index is 11.9. The van der Waals surface area contributed by atoms with Crippen LogP contribution in [0.5, 0.6) is 5.75 Å². The number of urea groups is 1. The zero-order valence-electron chi connectivity index (χ0n) is 11.9. The monoisotopic (exact) mass is 277 g/mol. The Labute approximate surface area is 117 Å². The van der Waals surface area contributed by atoms with Crippen LogP contribution in [0.1, 0.15) is 20.8 Å². The molecule has 3 amide bonds. The van der Waals surface area contributed by atoms with Gasteiger partial charge in [-0.2, -0.15) is 0 Å². The Balaban J connectivity index is 2.06. The number of carbonyl (C=O) groups excluding carboxylic acids is 2. The van der Waals surface area contributed by atoms with Gasteiger partial charge in [0.15, 0.2) is 6.61 Å². The fourth-order valence-electron chi connectivity index (χ4n) is 1.72. The molecule has 20 heavy (non-hydrogen) atoms. The summed E-state index contributed by atoms with van der Waals surface area (Å²) in [5.74, 6) is 0.320. The molecule has 108 valence electrons. The summed E-state index contributed by atoms with van der Waals surface area (Å²) in [6, 6.07) is 4.90. The van der Waals surface area contributed by atoms with E-state index in [0.29, 0.717) is 23.7 Å². The minimum Gasteiger partial charge on any atom is -0.481 e. The molecule has 0 saturated carbocycles. The van der Waals surface area contributed by atoms with E-state index >= 15 is 0 Å². The number of ether oxygens (including phenoxy) is 1. The van der Waals surface area contributed by atoms with Crippen molar-refractivity contribution in [2.45, 2.75) is 20.8 Å². The number of fused-ring (bicyclic) bond motifs is 1. The first-order chi connectivity index (χ1) is 9.35. The molecule has 0 bridgehead atoms. The van der Waals surface area contributed by atoms with Crippen LogP contribution in [0, 0.1) is 5.41 Å². The van der Waals surface area contributed by atoms with Gasteiger partial charge in [0.25, 0.3) is 5.91 Å². The molecule has 0 radical (unpaired) electrons. The SMILES string of the molecule is CC(C)(C)CNC(=O)Nc1cccc2c1NC(=O)CO2. The molecular formula is C14H19N3O3. The van der Waals surface area contributed by atoms with Gasteiger partial charge in [0.1, 0.15) is 11.4 Å². The van der Waals surface area contributed by atoms with E-state index in [4.69, 9.17) is 4.74 Å². The van der Waals surface area contributed by atoms with Crippen LogP contribution < -0.4 is 20.7 Å². The molecule has 1 heterocycles. The van der Waals surface area contributed by atoms with E-state index in [9.17, 15) is 9.59 Å². The van der Waals surface area contributed by atoms with E-state index in [1.54, 1.807) is 18.2 Å². The second-order valence-corrected chi connectivity index (χ2v) is 5.88. The lowest BCUT2D eigenvalue weighted by Gasteiger charge is -2.22. The van der Waals surface area contributed by atoms with Gasteiger partial charge in [-0.25, -0.2) is 4.79 Å². The van der Waals surface area contributed by atoms with Crippen molar-refractivity contribution in [2.75, 3.05) is 23.8 Å². The highest BCUT2D eigenvalue weighted by Crippen LogP contribution is 2.34. The Morgan fingerprint density at radius 2 is 2.15 bits per heavy atom. The zero-order chi connectivity index (χ0) is 14.8. The first-order valence-corrected chi connectivity index (χ1v) is 6.46. The summed E-state index contributed by atoms with van der Waals surface area (Å²) < 4.78 is 5.29. The summed E-state index contributed by atoms with van der Waals surface area (Å²) in [6.45, 7) is 6.65. The molecule has 2 rings (SSSR count). The number of benzene rings is 1. The van der Waals surface area contributed by atoms with Crippen molar-refractivity contribution in [2.24, 2.45) is 5.41 Å². The normalized spacial score (nSPS) is 13.8. The predicted molar refractivity (Wildman–Crippen MR) is 77.0 cm³/mol. The van der Waals surface area contributed by atoms with Gasteiger partial charge in [0.2, 0.25) is 0 Å². The first kappa shape index (κ1) is 14.2. The highest BCUT2D eigenvalue weighted by atomic mass is 16.5. The summed E-state index contributed by atoms with van der Waals surface area (Å²) in [4.78, 5) is 23.2. The number of hydrogen-bond acceptors (Lipinski definition) is 3. The number of anilines is 2. The lowest BCUT2D eigenvalue weighted by atomic mass is 9.97. The Morgan fingerprint density at radius 3 is 2.85 bits per heavy atom. The van der Waals surface area contributed by atoms with Gasteiger partial charge in [0.05, 0.1) is 5.69 Å². The zero-order valence-corrected chi connectivity index (χ0v) is 11.9. The van der Waals surface area contributed by atoms with Gasteiger partial charge in [-0.1, -0.05) is 26.8 Å². The second-order valence-electron chi connectivity index (χ2n) is 5.88. The molecule has 0 aliphatic carbocycles. The van der Waals surface area contributed by atoms with E-state index in [0.717, 1.165) is 0 Å². The maximum atomic E-state index is 11.9. The average Bonchev–Trinajstić information content (AvgIpc) is 2.36. The van der Waals surface area contributed by atoms with Crippen LogP contribution in [-0.4, -0.2) is 25.1 Å². The Morgan fingerprint density at radius 1 is 1.40 bits per heavy atom. The van der Waals surface area contributed by atoms with E-state index < -0.39 is 0 Å². The molecule has 0 saturated heterocycles. The minimum absolute atomic E-state index is 0.00474. The quantitative estimate of drug-likeness (QED) is 0.775. The molecule has 1 aliphatic heterocycles. The van der Waals surface area contributed by atoms with Crippen molar-refractivity contribution in [3.8, 4) is 5.75 Å². The van der Waals surface area contributed by atoms with Crippen molar-refractivity contribution in [1.29, 1.82) is 0 Å². The highest BCUT2D eigenvalue weighted by molar-refractivity contribution is 6.02. The number of hydrogen-bond donors (Lipinski definition) is 3. The van der Waals surface area contributed by atoms with Crippen LogP contribution in [0.15, 0.2) is 18.2 Å². The Hall–Kier alpha value is -2.24. The fraction of sp³-hybridized carbons (Fsp3) is 0.429. The molecule has 1 aromatic carbocycles. The third-order valence-corrected chi connectivity index (χ3v) is 2.68. The van der Waals surface area contributed by atoms with Crippen LogP contribution in [-0.2, 0) is 4.79 Å². The fourth-order valence-corrected chi connectivity index (χ4v) is 1.72. The van der Waals surface area contributed by atoms with Crippen LogP contribution in [0.3, 0.4) is 0 Å². The molecule has 0 fully saturated rings. The molecule has 6 heteroatoms. The first-order valence-electron chi connectivity index (χ1n) is 6.46.